The molecular weight excluding hydrogens is 434 g/mol. The van der Waals surface area contributed by atoms with Crippen LogP contribution in [0.2, 0.25) is 5.02 Å². The Balaban J connectivity index is 1.56. The maximum atomic E-state index is 12.3. The van der Waals surface area contributed by atoms with Crippen molar-refractivity contribution in [1.82, 2.24) is 25.0 Å². The smallest absolute Gasteiger partial charge is 0.236 e. The zero-order chi connectivity index (χ0) is 20.8. The number of hydrogen-bond donors (Lipinski definition) is 2. The molecule has 29 heavy (non-hydrogen) atoms. The number of aryl methyl sites for hydroxylation is 1. The number of benzene rings is 1. The number of nitrogens with one attached hydrogen (secondary N) is 2. The molecule has 0 radical (unpaired) electrons. The van der Waals surface area contributed by atoms with Gasteiger partial charge in [0.2, 0.25) is 16.9 Å². The van der Waals surface area contributed by atoms with Gasteiger partial charge in [0.15, 0.2) is 5.16 Å². The summed E-state index contributed by atoms with van der Waals surface area (Å²) in [6, 6.07) is 6.86. The Labute approximate surface area is 180 Å². The molecule has 2 amide bonds. The molecule has 12 heteroatoms. The Morgan fingerprint density at radius 3 is 2.52 bits per heavy atom. The lowest BCUT2D eigenvalue weighted by Gasteiger charge is -2.08. The molecule has 3 aromatic rings. The monoisotopic (exact) mass is 451 g/mol. The second-order valence-corrected chi connectivity index (χ2v) is 8.40. The predicted octanol–water partition coefficient (Wildman–Crippen LogP) is 3.02. The lowest BCUT2D eigenvalue weighted by Crippen LogP contribution is -2.18. The number of carbonyl (C=O) groups is 2. The van der Waals surface area contributed by atoms with Crippen LogP contribution in [0.25, 0.3) is 0 Å². The SMILES string of the molecule is CCn1c(CC(=O)Nc2ccc(Cl)cc2)nnc1SCC(=O)Nc1nnc(C)s1. The Morgan fingerprint density at radius 1 is 1.10 bits per heavy atom. The first-order valence-electron chi connectivity index (χ1n) is 8.65. The maximum absolute atomic E-state index is 12.3. The minimum Gasteiger partial charge on any atom is -0.326 e. The molecule has 1 aromatic carbocycles. The quantitative estimate of drug-likeness (QED) is 0.506. The van der Waals surface area contributed by atoms with Gasteiger partial charge >= 0.3 is 0 Å². The van der Waals surface area contributed by atoms with Crippen molar-refractivity contribution in [2.24, 2.45) is 0 Å². The van der Waals surface area contributed by atoms with Crippen molar-refractivity contribution < 1.29 is 9.59 Å². The molecule has 0 aliphatic rings. The maximum Gasteiger partial charge on any atom is 0.236 e. The Morgan fingerprint density at radius 2 is 1.86 bits per heavy atom. The number of anilines is 2. The van der Waals surface area contributed by atoms with Crippen molar-refractivity contribution in [3.8, 4) is 0 Å². The van der Waals surface area contributed by atoms with Gasteiger partial charge in [0.1, 0.15) is 10.8 Å². The van der Waals surface area contributed by atoms with Gasteiger partial charge in [-0.25, -0.2) is 0 Å². The summed E-state index contributed by atoms with van der Waals surface area (Å²) in [5, 5.41) is 23.8. The molecule has 9 nitrogen and oxygen atoms in total. The van der Waals surface area contributed by atoms with Crippen LogP contribution >= 0.6 is 34.7 Å². The van der Waals surface area contributed by atoms with Gasteiger partial charge in [0, 0.05) is 17.3 Å². The van der Waals surface area contributed by atoms with Crippen molar-refractivity contribution in [3.63, 3.8) is 0 Å². The van der Waals surface area contributed by atoms with E-state index in [2.05, 4.69) is 31.0 Å². The van der Waals surface area contributed by atoms with E-state index in [4.69, 9.17) is 11.6 Å². The highest BCUT2D eigenvalue weighted by molar-refractivity contribution is 7.99. The van der Waals surface area contributed by atoms with Crippen LogP contribution in [0.4, 0.5) is 10.8 Å². The van der Waals surface area contributed by atoms with E-state index in [1.807, 2.05) is 18.4 Å². The molecule has 0 saturated carbocycles. The zero-order valence-corrected chi connectivity index (χ0v) is 18.1. The number of amides is 2. The van der Waals surface area contributed by atoms with Crippen LogP contribution in [0, 0.1) is 6.92 Å². The van der Waals surface area contributed by atoms with Crippen molar-refractivity contribution in [1.29, 1.82) is 0 Å². The molecule has 0 atom stereocenters. The van der Waals surface area contributed by atoms with Gasteiger partial charge in [-0.05, 0) is 38.1 Å². The molecule has 152 valence electrons. The van der Waals surface area contributed by atoms with E-state index in [1.165, 1.54) is 23.1 Å². The van der Waals surface area contributed by atoms with E-state index < -0.39 is 0 Å². The minimum absolute atomic E-state index is 0.0697. The largest absolute Gasteiger partial charge is 0.326 e. The predicted molar refractivity (Wildman–Crippen MR) is 113 cm³/mol. The van der Waals surface area contributed by atoms with Crippen LogP contribution < -0.4 is 10.6 Å². The molecule has 3 rings (SSSR count). The first-order chi connectivity index (χ1) is 13.9. The molecule has 0 aliphatic heterocycles. The average Bonchev–Trinajstić information content (AvgIpc) is 3.27. The van der Waals surface area contributed by atoms with Gasteiger partial charge in [-0.3, -0.25) is 14.9 Å². The lowest BCUT2D eigenvalue weighted by atomic mass is 10.3. The summed E-state index contributed by atoms with van der Waals surface area (Å²) in [5.41, 5.74) is 0.653. The molecule has 0 aliphatic carbocycles. The number of hydrogen-bond acceptors (Lipinski definition) is 8. The van der Waals surface area contributed by atoms with Crippen LogP contribution in [0.5, 0.6) is 0 Å². The van der Waals surface area contributed by atoms with Crippen LogP contribution in [-0.2, 0) is 22.6 Å². The van der Waals surface area contributed by atoms with E-state index >= 15 is 0 Å². The number of carbonyl (C=O) groups excluding carboxylic acids is 2. The molecule has 2 N–H and O–H groups in total. The van der Waals surface area contributed by atoms with Crippen molar-refractivity contribution in [2.45, 2.75) is 32.0 Å². The van der Waals surface area contributed by atoms with Crippen LogP contribution in [-0.4, -0.2) is 42.5 Å². The normalized spacial score (nSPS) is 10.7. The number of rotatable bonds is 8. The fourth-order valence-electron chi connectivity index (χ4n) is 2.39. The van der Waals surface area contributed by atoms with Gasteiger partial charge in [0.25, 0.3) is 0 Å². The molecule has 0 spiro atoms. The van der Waals surface area contributed by atoms with Gasteiger partial charge in [-0.15, -0.1) is 20.4 Å². The highest BCUT2D eigenvalue weighted by Crippen LogP contribution is 2.20. The van der Waals surface area contributed by atoms with Crippen LogP contribution in [0.1, 0.15) is 17.8 Å². The summed E-state index contributed by atoms with van der Waals surface area (Å²) in [6.07, 6.45) is 0.0697. The standard InChI is InChI=1S/C17H18ClN7O2S2/c1-3-25-13(8-14(26)19-12-6-4-11(18)5-7-12)22-24-17(25)28-9-15(27)20-16-23-21-10(2)29-16/h4-7H,3,8-9H2,1-2H3,(H,19,26)(H,20,23,27). The molecule has 0 saturated heterocycles. The van der Waals surface area contributed by atoms with E-state index in [1.54, 1.807) is 24.3 Å². The summed E-state index contributed by atoms with van der Waals surface area (Å²) in [6.45, 7) is 4.32. The molecule has 0 fully saturated rings. The van der Waals surface area contributed by atoms with E-state index in [9.17, 15) is 9.59 Å². The third kappa shape index (κ3) is 5.99. The summed E-state index contributed by atoms with van der Waals surface area (Å²) >= 11 is 8.40. The van der Waals surface area contributed by atoms with Gasteiger partial charge in [-0.1, -0.05) is 34.7 Å². The summed E-state index contributed by atoms with van der Waals surface area (Å²) in [7, 11) is 0. The van der Waals surface area contributed by atoms with Gasteiger partial charge in [0.05, 0.1) is 12.2 Å². The zero-order valence-electron chi connectivity index (χ0n) is 15.7. The second-order valence-electron chi connectivity index (χ2n) is 5.84. The van der Waals surface area contributed by atoms with Gasteiger partial charge < -0.3 is 9.88 Å². The van der Waals surface area contributed by atoms with Crippen LogP contribution in [0.15, 0.2) is 29.4 Å². The number of halogens is 1. The summed E-state index contributed by atoms with van der Waals surface area (Å²) in [5.74, 6) is 0.254. The van der Waals surface area contributed by atoms with Crippen molar-refractivity contribution in [3.05, 3.63) is 40.1 Å². The number of nitrogens with zero attached hydrogens (tertiary/aromatic N) is 5. The van der Waals surface area contributed by atoms with Crippen molar-refractivity contribution in [2.75, 3.05) is 16.4 Å². The number of aromatic nitrogens is 5. The first kappa shape index (κ1) is 21.2. The van der Waals surface area contributed by atoms with Gasteiger partial charge in [-0.2, -0.15) is 0 Å². The Kier molecular flexibility index (Phi) is 7.18. The molecule has 0 bridgehead atoms. The Hall–Kier alpha value is -2.50. The summed E-state index contributed by atoms with van der Waals surface area (Å²) < 4.78 is 1.81. The topological polar surface area (TPSA) is 115 Å². The third-order valence-corrected chi connectivity index (χ3v) is 5.63. The number of thioether (sulfide) groups is 1. The minimum atomic E-state index is -0.213. The third-order valence-electron chi connectivity index (χ3n) is 3.66. The lowest BCUT2D eigenvalue weighted by molar-refractivity contribution is -0.116. The van der Waals surface area contributed by atoms with E-state index in [0.717, 1.165) is 5.01 Å². The Bertz CT molecular complexity index is 1000. The summed E-state index contributed by atoms with van der Waals surface area (Å²) in [4.78, 5) is 24.4. The molecule has 0 unspecified atom stereocenters. The highest BCUT2D eigenvalue weighted by atomic mass is 35.5. The highest BCUT2D eigenvalue weighted by Gasteiger charge is 2.16. The molecule has 2 aromatic heterocycles. The van der Waals surface area contributed by atoms with Crippen molar-refractivity contribution >= 4 is 57.3 Å². The van der Waals surface area contributed by atoms with Crippen LogP contribution in [0.3, 0.4) is 0 Å². The molecule has 2 heterocycles. The molecular formula is C17H18ClN7O2S2. The first-order valence-corrected chi connectivity index (χ1v) is 10.8. The van der Waals surface area contributed by atoms with E-state index in [-0.39, 0.29) is 24.0 Å². The second kappa shape index (κ2) is 9.81. The van der Waals surface area contributed by atoms with E-state index in [0.29, 0.717) is 33.4 Å². The average molecular weight is 452 g/mol. The fraction of sp³-hybridized carbons (Fsp3) is 0.294. The fourth-order valence-corrected chi connectivity index (χ4v) is 3.94.